The van der Waals surface area contributed by atoms with E-state index in [0.29, 0.717) is 43.2 Å². The summed E-state index contributed by atoms with van der Waals surface area (Å²) in [6, 6.07) is 23.9. The van der Waals surface area contributed by atoms with Gasteiger partial charge in [-0.3, -0.25) is 19.8 Å². The highest BCUT2D eigenvalue weighted by atomic mass is 32.2. The number of likely N-dealkylation sites (tertiary alicyclic amines) is 1. The molecule has 1 amide bonds. The molecule has 292 valence electrons. The Kier molecular flexibility index (Phi) is 10.9. The van der Waals surface area contributed by atoms with E-state index < -0.39 is 31.4 Å². The van der Waals surface area contributed by atoms with E-state index in [1.165, 1.54) is 30.3 Å². The fourth-order valence-corrected chi connectivity index (χ4v) is 9.20. The van der Waals surface area contributed by atoms with Crippen LogP contribution < -0.4 is 19.7 Å². The maximum atomic E-state index is 13.8. The van der Waals surface area contributed by atoms with Gasteiger partial charge in [-0.25, -0.2) is 18.1 Å². The molecule has 0 bridgehead atoms. The van der Waals surface area contributed by atoms with Crippen molar-refractivity contribution in [3.8, 4) is 11.5 Å². The minimum absolute atomic E-state index is 0.0200. The fraction of sp³-hybridized carbons (Fsp3) is 0.366. The predicted molar refractivity (Wildman–Crippen MR) is 213 cm³/mol. The second-order valence-electron chi connectivity index (χ2n) is 14.7. The van der Waals surface area contributed by atoms with E-state index in [1.807, 2.05) is 6.07 Å². The predicted octanol–water partition coefficient (Wildman–Crippen LogP) is 7.03. The Bertz CT molecular complexity index is 2310. The van der Waals surface area contributed by atoms with Gasteiger partial charge >= 0.3 is 0 Å². The number of nitrogens with zero attached hydrogens (tertiary/aromatic N) is 4. The van der Waals surface area contributed by atoms with E-state index in [1.54, 1.807) is 30.5 Å². The number of hydrogen-bond acceptors (Lipinski definition) is 11. The monoisotopic (exact) mass is 779 g/mol. The fourth-order valence-electron chi connectivity index (χ4n) is 8.22. The van der Waals surface area contributed by atoms with Crippen molar-refractivity contribution in [3.63, 3.8) is 0 Å². The van der Waals surface area contributed by atoms with Crippen LogP contribution in [-0.4, -0.2) is 79.6 Å². The quantitative estimate of drug-likeness (QED) is 0.0877. The van der Waals surface area contributed by atoms with Gasteiger partial charge in [0.2, 0.25) is 0 Å². The molecular formula is C41H45N7O7S. The van der Waals surface area contributed by atoms with Crippen LogP contribution in [-0.2, 0) is 14.8 Å². The number of H-pyrrole nitrogens is 1. The molecule has 2 aromatic heterocycles. The lowest BCUT2D eigenvalue weighted by Crippen LogP contribution is -2.44. The van der Waals surface area contributed by atoms with Crippen molar-refractivity contribution >= 4 is 44.0 Å². The van der Waals surface area contributed by atoms with Crippen LogP contribution in [0.15, 0.2) is 96.2 Å². The van der Waals surface area contributed by atoms with Crippen molar-refractivity contribution < 1.29 is 27.6 Å². The zero-order chi connectivity index (χ0) is 38.6. The van der Waals surface area contributed by atoms with Crippen LogP contribution >= 0.6 is 0 Å². The second-order valence-corrected chi connectivity index (χ2v) is 16.4. The van der Waals surface area contributed by atoms with Crippen LogP contribution in [0.2, 0.25) is 0 Å². The van der Waals surface area contributed by atoms with E-state index in [2.05, 4.69) is 60.1 Å². The summed E-state index contributed by atoms with van der Waals surface area (Å²) in [5.74, 6) is -0.142. The highest BCUT2D eigenvalue weighted by molar-refractivity contribution is 7.90. The lowest BCUT2D eigenvalue weighted by atomic mass is 9.98. The van der Waals surface area contributed by atoms with Crippen LogP contribution in [0.5, 0.6) is 11.5 Å². The largest absolute Gasteiger partial charge is 0.455 e. The molecule has 3 aromatic carbocycles. The van der Waals surface area contributed by atoms with E-state index in [-0.39, 0.29) is 22.9 Å². The average Bonchev–Trinajstić information content (AvgIpc) is 3.91. The number of amides is 1. The molecule has 5 aromatic rings. The lowest BCUT2D eigenvalue weighted by Gasteiger charge is -2.40. The van der Waals surface area contributed by atoms with Gasteiger partial charge in [0.15, 0.2) is 0 Å². The third-order valence-electron chi connectivity index (χ3n) is 11.2. The lowest BCUT2D eigenvalue weighted by molar-refractivity contribution is -0.384. The molecular weight excluding hydrogens is 735 g/mol. The minimum atomic E-state index is -4.53. The average molecular weight is 780 g/mol. The number of nitrogens with one attached hydrogen (secondary N) is 3. The van der Waals surface area contributed by atoms with Crippen LogP contribution in [0.25, 0.3) is 11.0 Å². The van der Waals surface area contributed by atoms with Crippen molar-refractivity contribution in [3.05, 3.63) is 112 Å². The number of carbonyl (C=O) groups is 1. The third kappa shape index (κ3) is 8.20. The number of anilines is 2. The molecule has 0 radical (unpaired) electrons. The number of nitro benzene ring substituents is 1. The molecule has 56 heavy (non-hydrogen) atoms. The maximum absolute atomic E-state index is 13.8. The van der Waals surface area contributed by atoms with E-state index in [4.69, 9.17) is 9.47 Å². The summed E-state index contributed by atoms with van der Waals surface area (Å²) in [7, 11) is -4.53. The van der Waals surface area contributed by atoms with Crippen LogP contribution in [0, 0.1) is 16.0 Å². The summed E-state index contributed by atoms with van der Waals surface area (Å²) in [5, 5.41) is 15.9. The molecule has 8 rings (SSSR count). The van der Waals surface area contributed by atoms with Gasteiger partial charge in [0.25, 0.3) is 21.6 Å². The number of piperidine rings is 1. The van der Waals surface area contributed by atoms with Crippen molar-refractivity contribution in [1.82, 2.24) is 19.6 Å². The van der Waals surface area contributed by atoms with E-state index in [9.17, 15) is 23.3 Å². The van der Waals surface area contributed by atoms with Gasteiger partial charge in [0.1, 0.15) is 22.8 Å². The first-order valence-electron chi connectivity index (χ1n) is 19.2. The van der Waals surface area contributed by atoms with Crippen LogP contribution in [0.1, 0.15) is 60.5 Å². The molecule has 3 N–H and O–H groups in total. The highest BCUT2D eigenvalue weighted by Gasteiger charge is 2.34. The van der Waals surface area contributed by atoms with Gasteiger partial charge < -0.3 is 24.7 Å². The van der Waals surface area contributed by atoms with Gasteiger partial charge in [-0.05, 0) is 92.9 Å². The number of carbonyl (C=O) groups excluding carboxylic acids is 1. The van der Waals surface area contributed by atoms with Crippen molar-refractivity contribution in [2.75, 3.05) is 49.6 Å². The second kappa shape index (κ2) is 16.3. The topological polar surface area (TPSA) is 172 Å². The Hall–Kier alpha value is -5.51. The third-order valence-corrected chi connectivity index (χ3v) is 12.5. The molecule has 0 aliphatic carbocycles. The number of benzene rings is 3. The molecule has 15 heteroatoms. The molecule has 3 saturated heterocycles. The Morgan fingerprint density at radius 3 is 2.55 bits per heavy atom. The SMILES string of the molecule is O=C(NS(=O)(=O)c1ccc(NCC2CCOCC2)c([N+](=O)[O-])c1)c1ccc(N2CCC(N3CCCC3c3ccccc3)CC2)cc1Oc1cnc2[nH]ccc2c1. The first-order valence-corrected chi connectivity index (χ1v) is 20.7. The maximum Gasteiger partial charge on any atom is 0.293 e. The zero-order valence-electron chi connectivity index (χ0n) is 30.9. The van der Waals surface area contributed by atoms with Crippen molar-refractivity contribution in [2.45, 2.75) is 55.5 Å². The Balaban J connectivity index is 1.01. The molecule has 0 saturated carbocycles. The number of fused-ring (bicyclic) bond motifs is 1. The van der Waals surface area contributed by atoms with Gasteiger partial charge in [0.05, 0.1) is 21.6 Å². The normalized spacial score (nSPS) is 18.6. The van der Waals surface area contributed by atoms with Gasteiger partial charge in [0, 0.05) is 74.3 Å². The molecule has 1 atom stereocenters. The number of pyridine rings is 1. The molecule has 3 aliphatic heterocycles. The minimum Gasteiger partial charge on any atom is -0.455 e. The Labute approximate surface area is 325 Å². The summed E-state index contributed by atoms with van der Waals surface area (Å²) in [6.07, 6.45) is 9.24. The molecule has 14 nitrogen and oxygen atoms in total. The number of aromatic nitrogens is 2. The smallest absolute Gasteiger partial charge is 0.293 e. The van der Waals surface area contributed by atoms with E-state index >= 15 is 0 Å². The zero-order valence-corrected chi connectivity index (χ0v) is 31.7. The number of nitro groups is 1. The standard InChI is InChI=1S/C41H45N7O7S/c49-41(45-56(52,53)34-9-11-36(38(25-34)48(50)51)43-26-28-15-21-54-22-16-28)35-10-8-32(24-39(35)55-33-23-30-12-17-42-40(30)44-27-33)46-19-13-31(14-20-46)47-18-4-7-37(47)29-5-2-1-3-6-29/h1-3,5-6,8-12,17,23-25,27-28,31,37,43H,4,7,13-16,18-22,26H2,(H,42,44)(H,45,49). The summed E-state index contributed by atoms with van der Waals surface area (Å²) < 4.78 is 41.0. The van der Waals surface area contributed by atoms with E-state index in [0.717, 1.165) is 68.9 Å². The first kappa shape index (κ1) is 37.4. The number of hydrogen-bond donors (Lipinski definition) is 3. The Morgan fingerprint density at radius 2 is 1.77 bits per heavy atom. The number of aromatic amines is 1. The summed E-state index contributed by atoms with van der Waals surface area (Å²) in [6.45, 7) is 4.44. The van der Waals surface area contributed by atoms with Crippen LogP contribution in [0.4, 0.5) is 17.1 Å². The molecule has 3 fully saturated rings. The molecule has 5 heterocycles. The summed E-state index contributed by atoms with van der Waals surface area (Å²) in [4.78, 5) is 37.2. The Morgan fingerprint density at radius 1 is 0.964 bits per heavy atom. The van der Waals surface area contributed by atoms with Crippen molar-refractivity contribution in [2.24, 2.45) is 5.92 Å². The summed E-state index contributed by atoms with van der Waals surface area (Å²) in [5.41, 5.74) is 2.65. The first-order chi connectivity index (χ1) is 27.2. The van der Waals surface area contributed by atoms with Gasteiger partial charge in [-0.1, -0.05) is 30.3 Å². The summed E-state index contributed by atoms with van der Waals surface area (Å²) >= 11 is 0. The number of ether oxygens (including phenoxy) is 2. The van der Waals surface area contributed by atoms with Gasteiger partial charge in [-0.2, -0.15) is 0 Å². The molecule has 0 spiro atoms. The molecule has 1 unspecified atom stereocenters. The molecule has 3 aliphatic rings. The highest BCUT2D eigenvalue weighted by Crippen LogP contribution is 2.38. The van der Waals surface area contributed by atoms with Crippen LogP contribution in [0.3, 0.4) is 0 Å². The number of rotatable bonds is 12. The number of sulfonamides is 1. The van der Waals surface area contributed by atoms with Gasteiger partial charge in [-0.15, -0.1) is 0 Å². The van der Waals surface area contributed by atoms with Crippen molar-refractivity contribution in [1.29, 1.82) is 0 Å².